The standard InChI is InChI=1S/C23H28FN3O4/c1-15-11-20(27-7-9-30-10-8-27)26-21(17-5-6-17)22(15)31-23(28)25-13-16-3-4-18(14-29-2)19(24)12-16/h3-4,11-12,17H,5-10,13-14H2,1-2H3,(H,25,28). The highest BCUT2D eigenvalue weighted by Gasteiger charge is 2.31. The maximum Gasteiger partial charge on any atom is 0.412 e. The molecule has 0 radical (unpaired) electrons. The Morgan fingerprint density at radius 1 is 1.29 bits per heavy atom. The van der Waals surface area contributed by atoms with Gasteiger partial charge in [0.05, 0.1) is 25.5 Å². The van der Waals surface area contributed by atoms with Gasteiger partial charge in [-0.25, -0.2) is 14.2 Å². The summed E-state index contributed by atoms with van der Waals surface area (Å²) in [5.74, 6) is 1.40. The lowest BCUT2D eigenvalue weighted by Crippen LogP contribution is -2.37. The van der Waals surface area contributed by atoms with Crippen molar-refractivity contribution in [2.75, 3.05) is 38.3 Å². The molecule has 0 bridgehead atoms. The van der Waals surface area contributed by atoms with E-state index in [2.05, 4.69) is 10.2 Å². The van der Waals surface area contributed by atoms with Crippen LogP contribution in [-0.4, -0.2) is 44.5 Å². The molecule has 1 N–H and O–H groups in total. The Kier molecular flexibility index (Phi) is 6.67. The highest BCUT2D eigenvalue weighted by atomic mass is 19.1. The second-order valence-electron chi connectivity index (χ2n) is 7.99. The topological polar surface area (TPSA) is 72.9 Å². The van der Waals surface area contributed by atoms with Crippen molar-refractivity contribution in [2.45, 2.75) is 38.8 Å². The first kappa shape index (κ1) is 21.5. The number of benzene rings is 1. The molecule has 1 aromatic heterocycles. The summed E-state index contributed by atoms with van der Waals surface area (Å²) < 4.78 is 30.1. The van der Waals surface area contributed by atoms with Gasteiger partial charge in [-0.3, -0.25) is 0 Å². The fraction of sp³-hybridized carbons (Fsp3) is 0.478. The summed E-state index contributed by atoms with van der Waals surface area (Å²) in [6.45, 7) is 5.29. The number of aryl methyl sites for hydroxylation is 1. The predicted octanol–water partition coefficient (Wildman–Crippen LogP) is 3.68. The molecular weight excluding hydrogens is 401 g/mol. The van der Waals surface area contributed by atoms with E-state index in [4.69, 9.17) is 19.2 Å². The number of pyridine rings is 1. The van der Waals surface area contributed by atoms with E-state index in [-0.39, 0.29) is 19.0 Å². The number of morpholine rings is 1. The molecule has 0 spiro atoms. The Morgan fingerprint density at radius 3 is 2.74 bits per heavy atom. The van der Waals surface area contributed by atoms with Gasteiger partial charge >= 0.3 is 6.09 Å². The molecule has 1 saturated carbocycles. The molecule has 1 aromatic carbocycles. The van der Waals surface area contributed by atoms with Gasteiger partial charge in [0.1, 0.15) is 11.6 Å². The fourth-order valence-electron chi connectivity index (χ4n) is 3.66. The zero-order valence-electron chi connectivity index (χ0n) is 17.9. The third-order valence-electron chi connectivity index (χ3n) is 5.52. The normalized spacial score (nSPS) is 16.3. The number of halogens is 1. The van der Waals surface area contributed by atoms with Crippen LogP contribution in [0.3, 0.4) is 0 Å². The number of amides is 1. The second-order valence-corrected chi connectivity index (χ2v) is 7.99. The quantitative estimate of drug-likeness (QED) is 0.724. The molecule has 0 atom stereocenters. The largest absolute Gasteiger partial charge is 0.412 e. The number of carbonyl (C=O) groups is 1. The van der Waals surface area contributed by atoms with E-state index < -0.39 is 6.09 Å². The zero-order chi connectivity index (χ0) is 21.8. The molecule has 1 aliphatic heterocycles. The maximum atomic E-state index is 14.1. The number of carbonyl (C=O) groups excluding carboxylic acids is 1. The first-order valence-corrected chi connectivity index (χ1v) is 10.6. The average molecular weight is 429 g/mol. The lowest BCUT2D eigenvalue weighted by molar-refractivity contribution is 0.122. The molecule has 0 unspecified atom stereocenters. The van der Waals surface area contributed by atoms with Gasteiger partial charge in [0, 0.05) is 38.2 Å². The van der Waals surface area contributed by atoms with Crippen molar-refractivity contribution in [3.05, 3.63) is 52.5 Å². The van der Waals surface area contributed by atoms with Crippen LogP contribution in [0.4, 0.5) is 15.0 Å². The van der Waals surface area contributed by atoms with Crippen LogP contribution in [0.25, 0.3) is 0 Å². The molecule has 1 amide bonds. The number of methoxy groups -OCH3 is 1. The highest BCUT2D eigenvalue weighted by molar-refractivity contribution is 5.72. The minimum atomic E-state index is -0.577. The third-order valence-corrected chi connectivity index (χ3v) is 5.52. The Bertz CT molecular complexity index is 943. The summed E-state index contributed by atoms with van der Waals surface area (Å²) in [4.78, 5) is 19.5. The number of anilines is 1. The van der Waals surface area contributed by atoms with Gasteiger partial charge in [-0.2, -0.15) is 0 Å². The Morgan fingerprint density at radius 2 is 2.06 bits per heavy atom. The molecule has 7 nitrogen and oxygen atoms in total. The number of aromatic nitrogens is 1. The SMILES string of the molecule is COCc1ccc(CNC(=O)Oc2c(C)cc(N3CCOCC3)nc2C2CC2)cc1F. The summed E-state index contributed by atoms with van der Waals surface area (Å²) in [6, 6.07) is 6.78. The molecule has 2 aromatic rings. The van der Waals surface area contributed by atoms with Crippen molar-refractivity contribution >= 4 is 11.9 Å². The third kappa shape index (κ3) is 5.32. The van der Waals surface area contributed by atoms with Crippen molar-refractivity contribution < 1.29 is 23.4 Å². The van der Waals surface area contributed by atoms with E-state index in [9.17, 15) is 9.18 Å². The van der Waals surface area contributed by atoms with Crippen molar-refractivity contribution in [3.8, 4) is 5.75 Å². The van der Waals surface area contributed by atoms with Crippen molar-refractivity contribution in [2.24, 2.45) is 0 Å². The number of nitrogens with zero attached hydrogens (tertiary/aromatic N) is 2. The van der Waals surface area contributed by atoms with E-state index in [1.54, 1.807) is 12.1 Å². The predicted molar refractivity (Wildman–Crippen MR) is 114 cm³/mol. The van der Waals surface area contributed by atoms with Crippen LogP contribution in [-0.2, 0) is 22.6 Å². The van der Waals surface area contributed by atoms with E-state index >= 15 is 0 Å². The fourth-order valence-corrected chi connectivity index (χ4v) is 3.66. The maximum absolute atomic E-state index is 14.1. The van der Waals surface area contributed by atoms with Crippen molar-refractivity contribution in [3.63, 3.8) is 0 Å². The molecular formula is C23H28FN3O4. The van der Waals surface area contributed by atoms with Crippen LogP contribution in [0.15, 0.2) is 24.3 Å². The summed E-state index contributed by atoms with van der Waals surface area (Å²) in [6.07, 6.45) is 1.51. The lowest BCUT2D eigenvalue weighted by Gasteiger charge is -2.29. The molecule has 2 fully saturated rings. The zero-order valence-corrected chi connectivity index (χ0v) is 17.9. The monoisotopic (exact) mass is 429 g/mol. The van der Waals surface area contributed by atoms with Crippen LogP contribution in [0.5, 0.6) is 5.75 Å². The second kappa shape index (κ2) is 9.62. The summed E-state index contributed by atoms with van der Waals surface area (Å²) in [5, 5.41) is 2.70. The van der Waals surface area contributed by atoms with E-state index in [1.807, 2.05) is 13.0 Å². The lowest BCUT2D eigenvalue weighted by atomic mass is 10.1. The Balaban J connectivity index is 1.43. The number of ether oxygens (including phenoxy) is 3. The molecule has 8 heteroatoms. The first-order valence-electron chi connectivity index (χ1n) is 10.6. The van der Waals surface area contributed by atoms with Gasteiger partial charge in [0.25, 0.3) is 0 Å². The first-order chi connectivity index (χ1) is 15.0. The van der Waals surface area contributed by atoms with Gasteiger partial charge in [-0.1, -0.05) is 12.1 Å². The Labute approximate surface area is 181 Å². The van der Waals surface area contributed by atoms with Gasteiger partial charge in [-0.05, 0) is 43.0 Å². The Hall–Kier alpha value is -2.71. The summed E-state index contributed by atoms with van der Waals surface area (Å²) in [7, 11) is 1.52. The van der Waals surface area contributed by atoms with Crippen molar-refractivity contribution in [1.29, 1.82) is 0 Å². The van der Waals surface area contributed by atoms with Crippen LogP contribution in [0.2, 0.25) is 0 Å². The number of hydrogen-bond acceptors (Lipinski definition) is 6. The summed E-state index contributed by atoms with van der Waals surface area (Å²) >= 11 is 0. The molecule has 2 heterocycles. The van der Waals surface area contributed by atoms with Crippen LogP contribution >= 0.6 is 0 Å². The molecule has 31 heavy (non-hydrogen) atoms. The van der Waals surface area contributed by atoms with E-state index in [1.165, 1.54) is 13.2 Å². The molecule has 166 valence electrons. The summed E-state index contributed by atoms with van der Waals surface area (Å²) in [5.41, 5.74) is 2.84. The molecule has 4 rings (SSSR count). The van der Waals surface area contributed by atoms with Crippen molar-refractivity contribution in [1.82, 2.24) is 10.3 Å². The molecule has 1 aliphatic carbocycles. The van der Waals surface area contributed by atoms with Gasteiger partial charge in [-0.15, -0.1) is 0 Å². The van der Waals surface area contributed by atoms with Crippen LogP contribution in [0.1, 0.15) is 41.1 Å². The average Bonchev–Trinajstić information content (AvgIpc) is 3.61. The van der Waals surface area contributed by atoms with Gasteiger partial charge in [0.2, 0.25) is 0 Å². The van der Waals surface area contributed by atoms with E-state index in [0.717, 1.165) is 43.0 Å². The highest BCUT2D eigenvalue weighted by Crippen LogP contribution is 2.45. The smallest absolute Gasteiger partial charge is 0.408 e. The van der Waals surface area contributed by atoms with Crippen LogP contribution < -0.4 is 15.0 Å². The van der Waals surface area contributed by atoms with Gasteiger partial charge in [0.15, 0.2) is 5.75 Å². The van der Waals surface area contributed by atoms with Gasteiger partial charge < -0.3 is 24.4 Å². The van der Waals surface area contributed by atoms with E-state index in [0.29, 0.717) is 36.0 Å². The number of nitrogens with one attached hydrogen (secondary N) is 1. The number of hydrogen-bond donors (Lipinski definition) is 1. The molecule has 2 aliphatic rings. The number of rotatable bonds is 7. The minimum Gasteiger partial charge on any atom is -0.408 e. The van der Waals surface area contributed by atoms with Crippen LogP contribution in [0, 0.1) is 12.7 Å². The molecule has 1 saturated heterocycles. The minimum absolute atomic E-state index is 0.167.